The Morgan fingerprint density at radius 1 is 1.46 bits per heavy atom. The van der Waals surface area contributed by atoms with E-state index in [1.807, 2.05) is 6.92 Å². The molecule has 1 aromatic heterocycles. The molecule has 1 atom stereocenters. The second-order valence-electron chi connectivity index (χ2n) is 4.83. The average Bonchev–Trinajstić information content (AvgIpc) is 2.90. The van der Waals surface area contributed by atoms with Gasteiger partial charge in [0.1, 0.15) is 0 Å². The van der Waals surface area contributed by atoms with Crippen LogP contribution in [-0.2, 0) is 16.6 Å². The zero-order chi connectivity index (χ0) is 17.7. The topological polar surface area (TPSA) is 108 Å². The summed E-state index contributed by atoms with van der Waals surface area (Å²) < 4.78 is 10.5. The molecule has 1 aromatic carbocycles. The lowest BCUT2D eigenvalue weighted by atomic mass is 10.1. The maximum absolute atomic E-state index is 12.5. The molecule has 0 saturated heterocycles. The van der Waals surface area contributed by atoms with Crippen molar-refractivity contribution in [3.05, 3.63) is 29.8 Å². The first-order chi connectivity index (χ1) is 11.5. The van der Waals surface area contributed by atoms with Crippen molar-refractivity contribution in [1.82, 2.24) is 5.27 Å². The zero-order valence-electron chi connectivity index (χ0n) is 13.4. The van der Waals surface area contributed by atoms with Crippen LogP contribution in [0.5, 0.6) is 5.95 Å². The van der Waals surface area contributed by atoms with E-state index < -0.39 is 17.2 Å². The molecule has 1 heterocycles. The smallest absolute Gasteiger partial charge is 0.339 e. The lowest BCUT2D eigenvalue weighted by Gasteiger charge is -2.14. The number of aryl methyl sites for hydroxylation is 1. The van der Waals surface area contributed by atoms with Gasteiger partial charge in [-0.25, -0.2) is 4.79 Å². The summed E-state index contributed by atoms with van der Waals surface area (Å²) in [6.07, 6.45) is 0.474. The minimum Gasteiger partial charge on any atom is -0.538 e. The molecule has 0 aliphatic rings. The molecule has 8 nitrogen and oxygen atoms in total. The van der Waals surface area contributed by atoms with Gasteiger partial charge >= 0.3 is 5.97 Å². The third-order valence-corrected chi connectivity index (χ3v) is 4.71. The van der Waals surface area contributed by atoms with E-state index in [0.29, 0.717) is 12.1 Å². The van der Waals surface area contributed by atoms with Gasteiger partial charge in [0, 0.05) is 0 Å². The van der Waals surface area contributed by atoms with Crippen molar-refractivity contribution in [3.8, 4) is 5.95 Å². The Morgan fingerprint density at radius 3 is 2.75 bits per heavy atom. The van der Waals surface area contributed by atoms with Gasteiger partial charge in [-0.2, -0.15) is 0 Å². The van der Waals surface area contributed by atoms with Crippen LogP contribution in [0, 0.1) is 0 Å². The predicted octanol–water partition coefficient (Wildman–Crippen LogP) is 0.869. The van der Waals surface area contributed by atoms with Crippen molar-refractivity contribution in [2.75, 3.05) is 12.4 Å². The number of anilines is 1. The van der Waals surface area contributed by atoms with E-state index in [2.05, 4.69) is 15.1 Å². The van der Waals surface area contributed by atoms with Crippen LogP contribution in [0.15, 0.2) is 33.8 Å². The Balaban J connectivity index is 2.17. The van der Waals surface area contributed by atoms with Crippen LogP contribution in [0.2, 0.25) is 0 Å². The van der Waals surface area contributed by atoms with E-state index in [9.17, 15) is 14.7 Å². The van der Waals surface area contributed by atoms with E-state index >= 15 is 0 Å². The molecule has 2 rings (SSSR count). The largest absolute Gasteiger partial charge is 0.538 e. The van der Waals surface area contributed by atoms with Gasteiger partial charge in [-0.1, -0.05) is 23.7 Å². The molecule has 1 amide bonds. The highest BCUT2D eigenvalue weighted by Crippen LogP contribution is 2.29. The quantitative estimate of drug-likeness (QED) is 0.467. The third-order valence-electron chi connectivity index (χ3n) is 3.22. The summed E-state index contributed by atoms with van der Waals surface area (Å²) in [6, 6.07) is 6.55. The molecule has 0 saturated carbocycles. The number of ether oxygens (including phenoxy) is 1. The fourth-order valence-electron chi connectivity index (χ4n) is 1.98. The summed E-state index contributed by atoms with van der Waals surface area (Å²) in [5, 5.41) is 17.5. The zero-order valence-corrected chi connectivity index (χ0v) is 14.3. The van der Waals surface area contributed by atoms with E-state index in [-0.39, 0.29) is 16.5 Å². The lowest BCUT2D eigenvalue weighted by molar-refractivity contribution is -0.772. The Kier molecular flexibility index (Phi) is 5.80. The number of aromatic nitrogens is 2. The van der Waals surface area contributed by atoms with Gasteiger partial charge in [-0.3, -0.25) is 4.79 Å². The van der Waals surface area contributed by atoms with Gasteiger partial charge in [0.25, 0.3) is 5.03 Å². The molecule has 0 aliphatic heterocycles. The first-order valence-corrected chi connectivity index (χ1v) is 8.03. The van der Waals surface area contributed by atoms with Gasteiger partial charge in [0.05, 0.1) is 28.9 Å². The van der Waals surface area contributed by atoms with E-state index in [4.69, 9.17) is 4.74 Å². The number of nitrogens with one attached hydrogen (secondary N) is 1. The first-order valence-electron chi connectivity index (χ1n) is 7.15. The van der Waals surface area contributed by atoms with Crippen molar-refractivity contribution >= 4 is 29.3 Å². The number of methoxy groups -OCH3 is 1. The first kappa shape index (κ1) is 17.8. The highest BCUT2D eigenvalue weighted by Gasteiger charge is 2.26. The van der Waals surface area contributed by atoms with Gasteiger partial charge in [-0.05, 0) is 30.3 Å². The highest BCUT2D eigenvalue weighted by molar-refractivity contribution is 8.00. The summed E-state index contributed by atoms with van der Waals surface area (Å²) in [7, 11) is 2.83. The Labute approximate surface area is 142 Å². The van der Waals surface area contributed by atoms with Crippen LogP contribution in [-0.4, -0.2) is 29.5 Å². The molecule has 1 N–H and O–H groups in total. The summed E-state index contributed by atoms with van der Waals surface area (Å²) in [4.78, 5) is 24.3. The number of thioether (sulfide) groups is 1. The second-order valence-corrected chi connectivity index (χ2v) is 6.02. The number of benzene rings is 1. The van der Waals surface area contributed by atoms with Crippen molar-refractivity contribution in [2.45, 2.75) is 23.6 Å². The molecular formula is C15H17N3O5S. The Morgan fingerprint density at radius 2 is 2.17 bits per heavy atom. The van der Waals surface area contributed by atoms with E-state index in [1.54, 1.807) is 31.3 Å². The third kappa shape index (κ3) is 3.85. The number of rotatable bonds is 6. The number of hydrogen-bond acceptors (Lipinski definition) is 7. The number of carbonyl (C=O) groups is 2. The minimum absolute atomic E-state index is 0.234. The van der Waals surface area contributed by atoms with Crippen LogP contribution >= 0.6 is 11.8 Å². The molecule has 0 spiro atoms. The summed E-state index contributed by atoms with van der Waals surface area (Å²) in [5.41, 5.74) is 0.610. The molecule has 128 valence electrons. The Hall–Kier alpha value is -2.55. The maximum atomic E-state index is 12.5. The van der Waals surface area contributed by atoms with Crippen LogP contribution < -0.4 is 15.1 Å². The van der Waals surface area contributed by atoms with Gasteiger partial charge in [-0.15, -0.1) is 0 Å². The number of amides is 1. The van der Waals surface area contributed by atoms with Crippen molar-refractivity contribution in [3.63, 3.8) is 0 Å². The minimum atomic E-state index is -0.594. The average molecular weight is 351 g/mol. The van der Waals surface area contributed by atoms with Crippen LogP contribution in [0.3, 0.4) is 0 Å². The molecule has 0 radical (unpaired) electrons. The number of carbonyl (C=O) groups excluding carboxylic acids is 2. The molecule has 24 heavy (non-hydrogen) atoms. The monoisotopic (exact) mass is 351 g/mol. The fraction of sp³-hybridized carbons (Fsp3) is 0.333. The van der Waals surface area contributed by atoms with Gasteiger partial charge in [0.2, 0.25) is 5.91 Å². The van der Waals surface area contributed by atoms with E-state index in [1.165, 1.54) is 11.8 Å². The van der Waals surface area contributed by atoms with Crippen molar-refractivity contribution < 1.29 is 28.6 Å². The van der Waals surface area contributed by atoms with E-state index in [0.717, 1.165) is 11.8 Å². The van der Waals surface area contributed by atoms with Crippen LogP contribution in [0.4, 0.5) is 5.69 Å². The van der Waals surface area contributed by atoms with Crippen LogP contribution in [0.1, 0.15) is 23.7 Å². The van der Waals surface area contributed by atoms with Gasteiger partial charge in [0.15, 0.2) is 13.0 Å². The van der Waals surface area contributed by atoms with Crippen molar-refractivity contribution in [1.29, 1.82) is 0 Å². The second kappa shape index (κ2) is 7.82. The summed E-state index contributed by atoms with van der Waals surface area (Å²) in [6.45, 7) is 1.82. The van der Waals surface area contributed by atoms with Gasteiger partial charge < -0.3 is 19.7 Å². The predicted molar refractivity (Wildman–Crippen MR) is 83.5 cm³/mol. The molecule has 1 unspecified atom stereocenters. The molecule has 0 fully saturated rings. The summed E-state index contributed by atoms with van der Waals surface area (Å²) >= 11 is 1.06. The normalized spacial score (nSPS) is 11.8. The van der Waals surface area contributed by atoms with Crippen molar-refractivity contribution in [2.24, 2.45) is 7.05 Å². The molecule has 0 bridgehead atoms. The molecule has 2 aromatic rings. The molecule has 9 heteroatoms. The standard InChI is InChI=1S/C15H17N3O5S/c1-4-11(24-13-15(21)23-17-18(13)2)12(19)16-10-8-6-5-7-9(10)14(20)22-3/h5-8,11H,4H2,1-3H3,(H-,16,17,19,20,21). The maximum Gasteiger partial charge on any atom is 0.339 e. The Bertz CT molecular complexity index is 727. The van der Waals surface area contributed by atoms with Crippen LogP contribution in [0.25, 0.3) is 0 Å². The summed E-state index contributed by atoms with van der Waals surface area (Å²) in [5.74, 6) is -1.47. The SMILES string of the molecule is CCC(Sc1c([O-])on[n+]1C)C(=O)Nc1ccccc1C(=O)OC. The fourth-order valence-corrected chi connectivity index (χ4v) is 2.90. The number of nitrogens with zero attached hydrogens (tertiary/aromatic N) is 2. The molecule has 0 aliphatic carbocycles. The highest BCUT2D eigenvalue weighted by atomic mass is 32.2. The molecular weight excluding hydrogens is 334 g/mol. The number of hydrogen-bond donors (Lipinski definition) is 1. The lowest BCUT2D eigenvalue weighted by Crippen LogP contribution is -2.34. The number of para-hydroxylation sites is 1. The number of esters is 1.